The highest BCUT2D eigenvalue weighted by atomic mass is 16.5. The maximum absolute atomic E-state index is 5.22. The maximum Gasteiger partial charge on any atom is 0.128 e. The summed E-state index contributed by atoms with van der Waals surface area (Å²) in [5.41, 5.74) is 2.96. The van der Waals surface area contributed by atoms with Gasteiger partial charge in [-0.05, 0) is 24.8 Å². The van der Waals surface area contributed by atoms with E-state index in [9.17, 15) is 0 Å². The van der Waals surface area contributed by atoms with E-state index in [2.05, 4.69) is 25.2 Å². The van der Waals surface area contributed by atoms with E-state index in [4.69, 9.17) is 4.74 Å². The van der Waals surface area contributed by atoms with Crippen LogP contribution in [0.4, 0.5) is 5.69 Å². The molecule has 1 rings (SSSR count). The Morgan fingerprint density at radius 1 is 1.50 bits per heavy atom. The molecule has 0 fully saturated rings. The third-order valence-corrected chi connectivity index (χ3v) is 2.22. The van der Waals surface area contributed by atoms with Crippen LogP contribution in [0, 0.1) is 0 Å². The Morgan fingerprint density at radius 3 is 2.64 bits per heavy atom. The van der Waals surface area contributed by atoms with Crippen LogP contribution in [-0.4, -0.2) is 13.8 Å². The Balaban J connectivity index is 3.43. The molecular formula is C12H15NO. The number of hydrogen-bond donors (Lipinski definition) is 0. The van der Waals surface area contributed by atoms with Gasteiger partial charge in [0.15, 0.2) is 0 Å². The zero-order valence-electron chi connectivity index (χ0n) is 8.71. The molecule has 1 aromatic carbocycles. The van der Waals surface area contributed by atoms with Crippen LogP contribution < -0.4 is 4.74 Å². The van der Waals surface area contributed by atoms with Gasteiger partial charge >= 0.3 is 0 Å². The van der Waals surface area contributed by atoms with Gasteiger partial charge in [-0.2, -0.15) is 0 Å². The van der Waals surface area contributed by atoms with Crippen LogP contribution in [0.5, 0.6) is 5.75 Å². The van der Waals surface area contributed by atoms with Crippen molar-refractivity contribution < 1.29 is 4.74 Å². The quantitative estimate of drug-likeness (QED) is 0.666. The molecule has 1 aromatic rings. The monoisotopic (exact) mass is 189 g/mol. The summed E-state index contributed by atoms with van der Waals surface area (Å²) < 4.78 is 5.22. The van der Waals surface area contributed by atoms with E-state index < -0.39 is 0 Å². The van der Waals surface area contributed by atoms with Gasteiger partial charge in [0.25, 0.3) is 0 Å². The van der Waals surface area contributed by atoms with Crippen molar-refractivity contribution in [1.82, 2.24) is 0 Å². The van der Waals surface area contributed by atoms with Crippen molar-refractivity contribution in [3.05, 3.63) is 29.8 Å². The molecule has 0 aromatic heterocycles. The van der Waals surface area contributed by atoms with E-state index in [1.807, 2.05) is 12.1 Å². The van der Waals surface area contributed by atoms with E-state index in [1.54, 1.807) is 13.2 Å². The lowest BCUT2D eigenvalue weighted by Crippen LogP contribution is -1.91. The average molecular weight is 189 g/mol. The Morgan fingerprint density at radius 2 is 2.21 bits per heavy atom. The summed E-state index contributed by atoms with van der Waals surface area (Å²) in [7, 11) is 1.64. The number of aryl methyl sites for hydroxylation is 1. The fourth-order valence-corrected chi connectivity index (χ4v) is 1.48. The molecule has 0 unspecified atom stereocenters. The normalized spacial score (nSPS) is 9.57. The third kappa shape index (κ3) is 1.69. The molecule has 14 heavy (non-hydrogen) atoms. The van der Waals surface area contributed by atoms with Crippen molar-refractivity contribution in [2.45, 2.75) is 13.3 Å². The van der Waals surface area contributed by atoms with E-state index in [0.29, 0.717) is 0 Å². The fraction of sp³-hybridized carbons (Fsp3) is 0.250. The molecule has 0 aliphatic rings. The van der Waals surface area contributed by atoms with Crippen molar-refractivity contribution >= 4 is 18.5 Å². The minimum absolute atomic E-state index is 0.791. The molecule has 2 nitrogen and oxygen atoms in total. The lowest BCUT2D eigenvalue weighted by Gasteiger charge is -2.11. The van der Waals surface area contributed by atoms with E-state index in [1.165, 1.54) is 0 Å². The van der Waals surface area contributed by atoms with Crippen molar-refractivity contribution in [1.29, 1.82) is 0 Å². The highest BCUT2D eigenvalue weighted by molar-refractivity contribution is 5.73. The molecule has 0 aliphatic carbocycles. The predicted octanol–water partition coefficient (Wildman–Crippen LogP) is 3.23. The second-order valence-corrected chi connectivity index (χ2v) is 2.91. The molecule has 0 N–H and O–H groups in total. The van der Waals surface area contributed by atoms with E-state index >= 15 is 0 Å². The highest BCUT2D eigenvalue weighted by Gasteiger charge is 2.08. The van der Waals surface area contributed by atoms with Crippen LogP contribution >= 0.6 is 0 Å². The summed E-state index contributed by atoms with van der Waals surface area (Å²) in [6.45, 7) is 9.41. The predicted molar refractivity (Wildman–Crippen MR) is 61.7 cm³/mol. The zero-order chi connectivity index (χ0) is 10.6. The van der Waals surface area contributed by atoms with Crippen molar-refractivity contribution in [3.63, 3.8) is 0 Å². The number of benzene rings is 1. The lowest BCUT2D eigenvalue weighted by atomic mass is 10.0. The minimum Gasteiger partial charge on any atom is -0.496 e. The molecule has 0 radical (unpaired) electrons. The first-order valence-electron chi connectivity index (χ1n) is 4.57. The summed E-state index contributed by atoms with van der Waals surface area (Å²) in [6, 6.07) is 3.94. The summed E-state index contributed by atoms with van der Waals surface area (Å²) >= 11 is 0. The molecular weight excluding hydrogens is 174 g/mol. The second-order valence-electron chi connectivity index (χ2n) is 2.91. The number of rotatable bonds is 4. The number of methoxy groups -OCH3 is 1. The standard InChI is InChI=1S/C12H15NO/c1-5-9-7-8-11(14-4)10(6-2)12(9)13-3/h6-8H,2-3,5H2,1,4H3. The van der Waals surface area contributed by atoms with Gasteiger partial charge in [0, 0.05) is 5.56 Å². The number of nitrogens with zero attached hydrogens (tertiary/aromatic N) is 1. The number of aliphatic imine (C=N–C) groups is 1. The first-order chi connectivity index (χ1) is 6.78. The molecule has 0 spiro atoms. The van der Waals surface area contributed by atoms with E-state index in [-0.39, 0.29) is 0 Å². The maximum atomic E-state index is 5.22. The number of ether oxygens (including phenoxy) is 1. The largest absolute Gasteiger partial charge is 0.496 e. The van der Waals surface area contributed by atoms with Gasteiger partial charge in [0.2, 0.25) is 0 Å². The van der Waals surface area contributed by atoms with Gasteiger partial charge in [-0.1, -0.05) is 25.6 Å². The van der Waals surface area contributed by atoms with Gasteiger partial charge in [-0.25, -0.2) is 0 Å². The molecule has 0 heterocycles. The van der Waals surface area contributed by atoms with Gasteiger partial charge in [-0.15, -0.1) is 0 Å². The Kier molecular flexibility index (Phi) is 3.46. The molecule has 2 heteroatoms. The van der Waals surface area contributed by atoms with Crippen LogP contribution in [0.1, 0.15) is 18.1 Å². The summed E-state index contributed by atoms with van der Waals surface area (Å²) in [5.74, 6) is 0.791. The topological polar surface area (TPSA) is 21.6 Å². The molecule has 0 amide bonds. The SMILES string of the molecule is C=Cc1c(OC)ccc(CC)c1N=C. The molecule has 0 bridgehead atoms. The molecule has 0 saturated heterocycles. The summed E-state index contributed by atoms with van der Waals surface area (Å²) in [6.07, 6.45) is 2.68. The molecule has 0 saturated carbocycles. The molecule has 74 valence electrons. The third-order valence-electron chi connectivity index (χ3n) is 2.22. The molecule has 0 atom stereocenters. The van der Waals surface area contributed by atoms with Crippen molar-refractivity contribution in [2.24, 2.45) is 4.99 Å². The number of hydrogen-bond acceptors (Lipinski definition) is 2. The minimum atomic E-state index is 0.791. The Hall–Kier alpha value is -1.57. The van der Waals surface area contributed by atoms with Crippen molar-refractivity contribution in [2.75, 3.05) is 7.11 Å². The smallest absolute Gasteiger partial charge is 0.128 e. The Bertz CT molecular complexity index is 321. The summed E-state index contributed by atoms with van der Waals surface area (Å²) in [5, 5.41) is 0. The fourth-order valence-electron chi connectivity index (χ4n) is 1.48. The Labute approximate surface area is 84.9 Å². The zero-order valence-corrected chi connectivity index (χ0v) is 8.71. The lowest BCUT2D eigenvalue weighted by molar-refractivity contribution is 0.414. The first kappa shape index (κ1) is 10.5. The summed E-state index contributed by atoms with van der Waals surface area (Å²) in [4.78, 5) is 4.02. The van der Waals surface area contributed by atoms with Gasteiger partial charge < -0.3 is 4.74 Å². The first-order valence-corrected chi connectivity index (χ1v) is 4.57. The van der Waals surface area contributed by atoms with Gasteiger partial charge in [0.1, 0.15) is 5.75 Å². The van der Waals surface area contributed by atoms with Crippen LogP contribution in [0.3, 0.4) is 0 Å². The van der Waals surface area contributed by atoms with Crippen LogP contribution in [-0.2, 0) is 6.42 Å². The van der Waals surface area contributed by atoms with Crippen LogP contribution in [0.2, 0.25) is 0 Å². The average Bonchev–Trinajstić information content (AvgIpc) is 2.26. The molecule has 0 aliphatic heterocycles. The van der Waals surface area contributed by atoms with Gasteiger partial charge in [0.05, 0.1) is 12.8 Å². The van der Waals surface area contributed by atoms with Crippen LogP contribution in [0.25, 0.3) is 6.08 Å². The van der Waals surface area contributed by atoms with Gasteiger partial charge in [-0.3, -0.25) is 4.99 Å². The van der Waals surface area contributed by atoms with E-state index in [0.717, 1.165) is 29.0 Å². The second kappa shape index (κ2) is 4.61. The highest BCUT2D eigenvalue weighted by Crippen LogP contribution is 2.33. The van der Waals surface area contributed by atoms with Crippen molar-refractivity contribution in [3.8, 4) is 5.75 Å². The van der Waals surface area contributed by atoms with Crippen LogP contribution in [0.15, 0.2) is 23.7 Å².